The average molecular weight is 192 g/mol. The van der Waals surface area contributed by atoms with Crippen LogP contribution in [0.15, 0.2) is 12.1 Å². The Morgan fingerprint density at radius 1 is 1.21 bits per heavy atom. The first kappa shape index (κ1) is 12.7. The number of rotatable bonds is 1. The van der Waals surface area contributed by atoms with E-state index < -0.39 is 0 Å². The summed E-state index contributed by atoms with van der Waals surface area (Å²) >= 11 is 0. The lowest BCUT2D eigenvalue weighted by Crippen LogP contribution is -2.03. The lowest BCUT2D eigenvalue weighted by atomic mass is 9.98. The Bertz CT molecular complexity index is 327. The molecule has 0 aromatic heterocycles. The Labute approximate surface area is 86.7 Å². The van der Waals surface area contributed by atoms with E-state index in [0.717, 1.165) is 11.1 Å². The number of anilines is 1. The second kappa shape index (κ2) is 5.43. The van der Waals surface area contributed by atoms with E-state index in [-0.39, 0.29) is 0 Å². The van der Waals surface area contributed by atoms with Crippen molar-refractivity contribution in [2.45, 2.75) is 34.6 Å². The summed E-state index contributed by atoms with van der Waals surface area (Å²) in [4.78, 5) is 0. The number of hydrogen-bond acceptors (Lipinski definition) is 2. The number of aryl methyl sites for hydroxylation is 1. The molecular weight excluding hydrogens is 172 g/mol. The van der Waals surface area contributed by atoms with Crippen molar-refractivity contribution >= 4 is 11.4 Å². The molecule has 14 heavy (non-hydrogen) atoms. The predicted octanol–water partition coefficient (Wildman–Crippen LogP) is 3.30. The molecule has 0 heterocycles. The van der Waals surface area contributed by atoms with Gasteiger partial charge in [-0.2, -0.15) is 0 Å². The zero-order chi connectivity index (χ0) is 11.3. The zero-order valence-corrected chi connectivity index (χ0v) is 9.73. The summed E-state index contributed by atoms with van der Waals surface area (Å²) in [6, 6.07) is 3.84. The van der Waals surface area contributed by atoms with Gasteiger partial charge in [0.25, 0.3) is 0 Å². The average Bonchev–Trinajstić information content (AvgIpc) is 2.15. The van der Waals surface area contributed by atoms with Crippen molar-refractivity contribution in [1.29, 1.82) is 5.41 Å². The van der Waals surface area contributed by atoms with E-state index in [0.29, 0.717) is 11.4 Å². The molecule has 0 aliphatic rings. The number of hydrogen-bond donors (Lipinski definition) is 2. The van der Waals surface area contributed by atoms with Crippen molar-refractivity contribution in [3.8, 4) is 0 Å². The van der Waals surface area contributed by atoms with Crippen molar-refractivity contribution in [1.82, 2.24) is 0 Å². The highest BCUT2D eigenvalue weighted by molar-refractivity contribution is 6.02. The number of nitrogens with one attached hydrogen (secondary N) is 1. The second-order valence-corrected chi connectivity index (χ2v) is 3.10. The Hall–Kier alpha value is -1.31. The largest absolute Gasteiger partial charge is 0.398 e. The van der Waals surface area contributed by atoms with E-state index in [2.05, 4.69) is 0 Å². The molecule has 0 fully saturated rings. The van der Waals surface area contributed by atoms with Crippen LogP contribution in [0.1, 0.15) is 37.5 Å². The Kier molecular flexibility index (Phi) is 4.92. The topological polar surface area (TPSA) is 49.9 Å². The van der Waals surface area contributed by atoms with Crippen LogP contribution in [0, 0.1) is 19.3 Å². The van der Waals surface area contributed by atoms with E-state index in [1.165, 1.54) is 5.56 Å². The lowest BCUT2D eigenvalue weighted by Gasteiger charge is -2.09. The summed E-state index contributed by atoms with van der Waals surface area (Å²) in [7, 11) is 0. The van der Waals surface area contributed by atoms with E-state index in [9.17, 15) is 0 Å². The van der Waals surface area contributed by atoms with Crippen LogP contribution in [0.4, 0.5) is 5.69 Å². The summed E-state index contributed by atoms with van der Waals surface area (Å²) in [6.07, 6.45) is 0. The SMILES string of the molecule is CC.CC(=N)c1c(N)ccc(C)c1C. The maximum absolute atomic E-state index is 7.53. The van der Waals surface area contributed by atoms with Crippen LogP contribution in [-0.4, -0.2) is 5.71 Å². The van der Waals surface area contributed by atoms with Crippen LogP contribution in [-0.2, 0) is 0 Å². The van der Waals surface area contributed by atoms with Crippen LogP contribution >= 0.6 is 0 Å². The fraction of sp³-hybridized carbons (Fsp3) is 0.417. The molecule has 1 rings (SSSR count). The van der Waals surface area contributed by atoms with Gasteiger partial charge in [-0.25, -0.2) is 0 Å². The molecule has 3 N–H and O–H groups in total. The molecule has 0 aliphatic carbocycles. The highest BCUT2D eigenvalue weighted by atomic mass is 14.6. The molecule has 0 aliphatic heterocycles. The smallest absolute Gasteiger partial charge is 0.0408 e. The van der Waals surface area contributed by atoms with Crippen molar-refractivity contribution < 1.29 is 0 Å². The monoisotopic (exact) mass is 192 g/mol. The minimum Gasteiger partial charge on any atom is -0.398 e. The maximum Gasteiger partial charge on any atom is 0.0408 e. The molecule has 78 valence electrons. The van der Waals surface area contributed by atoms with Crippen molar-refractivity contribution in [2.75, 3.05) is 5.73 Å². The van der Waals surface area contributed by atoms with Gasteiger partial charge in [-0.3, -0.25) is 0 Å². The quantitative estimate of drug-likeness (QED) is 0.520. The molecule has 0 atom stereocenters. The van der Waals surface area contributed by atoms with Crippen LogP contribution in [0.25, 0.3) is 0 Å². The first-order valence-corrected chi connectivity index (χ1v) is 4.95. The summed E-state index contributed by atoms with van der Waals surface area (Å²) in [5.74, 6) is 0. The summed E-state index contributed by atoms with van der Waals surface area (Å²) in [6.45, 7) is 9.79. The van der Waals surface area contributed by atoms with Crippen LogP contribution in [0.3, 0.4) is 0 Å². The van der Waals surface area contributed by atoms with Gasteiger partial charge in [0, 0.05) is 17.0 Å². The normalized spacial score (nSPS) is 8.93. The molecule has 0 radical (unpaired) electrons. The molecule has 0 spiro atoms. The van der Waals surface area contributed by atoms with Crippen LogP contribution in [0.5, 0.6) is 0 Å². The van der Waals surface area contributed by atoms with Gasteiger partial charge in [0.05, 0.1) is 0 Å². The Balaban J connectivity index is 0.000000791. The molecule has 2 nitrogen and oxygen atoms in total. The first-order valence-electron chi connectivity index (χ1n) is 4.95. The number of benzene rings is 1. The third-order valence-electron chi connectivity index (χ3n) is 2.14. The Morgan fingerprint density at radius 2 is 1.71 bits per heavy atom. The number of nitrogens with two attached hydrogens (primary N) is 1. The predicted molar refractivity (Wildman–Crippen MR) is 64.2 cm³/mol. The second-order valence-electron chi connectivity index (χ2n) is 3.10. The highest BCUT2D eigenvalue weighted by Crippen LogP contribution is 2.20. The van der Waals surface area contributed by atoms with Gasteiger partial charge in [-0.1, -0.05) is 19.9 Å². The summed E-state index contributed by atoms with van der Waals surface area (Å²) < 4.78 is 0. The van der Waals surface area contributed by atoms with Gasteiger partial charge in [-0.05, 0) is 38.0 Å². The fourth-order valence-corrected chi connectivity index (χ4v) is 1.33. The molecule has 1 aromatic rings. The molecule has 0 saturated heterocycles. The fourth-order valence-electron chi connectivity index (χ4n) is 1.33. The van der Waals surface area contributed by atoms with Gasteiger partial charge in [0.2, 0.25) is 0 Å². The van der Waals surface area contributed by atoms with Crippen molar-refractivity contribution in [2.24, 2.45) is 0 Å². The minimum absolute atomic E-state index is 0.536. The van der Waals surface area contributed by atoms with Crippen molar-refractivity contribution in [3.05, 3.63) is 28.8 Å². The third-order valence-corrected chi connectivity index (χ3v) is 2.14. The van der Waals surface area contributed by atoms with Gasteiger partial charge in [0.1, 0.15) is 0 Å². The molecule has 1 aromatic carbocycles. The van der Waals surface area contributed by atoms with E-state index in [1.54, 1.807) is 6.92 Å². The van der Waals surface area contributed by atoms with Crippen molar-refractivity contribution in [3.63, 3.8) is 0 Å². The van der Waals surface area contributed by atoms with Gasteiger partial charge in [-0.15, -0.1) is 0 Å². The lowest BCUT2D eigenvalue weighted by molar-refractivity contribution is 1.31. The molecular formula is C12H20N2. The van der Waals surface area contributed by atoms with Crippen LogP contribution in [0.2, 0.25) is 0 Å². The zero-order valence-electron chi connectivity index (χ0n) is 9.73. The minimum atomic E-state index is 0.536. The summed E-state index contributed by atoms with van der Waals surface area (Å²) in [5.41, 5.74) is 10.2. The highest BCUT2D eigenvalue weighted by Gasteiger charge is 2.06. The van der Waals surface area contributed by atoms with Gasteiger partial charge >= 0.3 is 0 Å². The standard InChI is InChI=1S/C10H14N2.C2H6/c1-6-4-5-9(12)10(7(6)2)8(3)11;1-2/h4-5,11H,12H2,1-3H3;1-2H3. The number of nitrogen functional groups attached to an aromatic ring is 1. The Morgan fingerprint density at radius 3 is 2.07 bits per heavy atom. The molecule has 0 saturated carbocycles. The van der Waals surface area contributed by atoms with E-state index in [4.69, 9.17) is 11.1 Å². The maximum atomic E-state index is 7.53. The molecule has 0 unspecified atom stereocenters. The molecule has 0 amide bonds. The van der Waals surface area contributed by atoms with Gasteiger partial charge in [0.15, 0.2) is 0 Å². The van der Waals surface area contributed by atoms with E-state index in [1.807, 2.05) is 39.8 Å². The molecule has 2 heteroatoms. The van der Waals surface area contributed by atoms with E-state index >= 15 is 0 Å². The molecule has 0 bridgehead atoms. The van der Waals surface area contributed by atoms with Crippen LogP contribution < -0.4 is 5.73 Å². The third kappa shape index (κ3) is 2.59. The first-order chi connectivity index (χ1) is 6.54. The summed E-state index contributed by atoms with van der Waals surface area (Å²) in [5, 5.41) is 7.53. The van der Waals surface area contributed by atoms with Gasteiger partial charge < -0.3 is 11.1 Å².